The largest absolute Gasteiger partial charge is 0.493 e. The molecule has 5 rings (SSSR count). The number of ether oxygens (including phenoxy) is 2. The average Bonchev–Trinajstić information content (AvgIpc) is 2.90. The fourth-order valence-corrected chi connectivity index (χ4v) is 5.65. The van der Waals surface area contributed by atoms with Gasteiger partial charge >= 0.3 is 0 Å². The van der Waals surface area contributed by atoms with Crippen molar-refractivity contribution in [3.05, 3.63) is 104 Å². The fraction of sp³-hybridized carbons (Fsp3) is 0.0690. The van der Waals surface area contributed by atoms with Crippen LogP contribution in [0.3, 0.4) is 0 Å². The van der Waals surface area contributed by atoms with Gasteiger partial charge in [0.2, 0.25) is 0 Å². The second kappa shape index (κ2) is 11.2. The Balaban J connectivity index is 1.45. The fourth-order valence-electron chi connectivity index (χ4n) is 4.21. The van der Waals surface area contributed by atoms with Crippen LogP contribution in [0.15, 0.2) is 88.9 Å². The highest BCUT2D eigenvalue weighted by atomic mass is 127. The zero-order valence-corrected chi connectivity index (χ0v) is 24.6. The molecule has 6 nitrogen and oxygen atoms in total. The molecule has 2 amide bonds. The maximum Gasteiger partial charge on any atom is 0.270 e. The lowest BCUT2D eigenvalue weighted by atomic mass is 10.1. The molecule has 0 atom stereocenters. The number of hydrogen-bond donors (Lipinski definition) is 1. The SMILES string of the molecule is COc1cc(/C=C2\C(=O)NC(=S)N(c3cccc(Br)c3)C2=O)cc(I)c1OCc1cccc2ccccc12. The number of fused-ring (bicyclic) bond motifs is 1. The molecule has 4 aromatic carbocycles. The highest BCUT2D eigenvalue weighted by molar-refractivity contribution is 14.1. The van der Waals surface area contributed by atoms with Gasteiger partial charge in [0.15, 0.2) is 16.6 Å². The lowest BCUT2D eigenvalue weighted by Crippen LogP contribution is -2.54. The van der Waals surface area contributed by atoms with Crippen molar-refractivity contribution in [2.75, 3.05) is 12.0 Å². The molecule has 0 radical (unpaired) electrons. The minimum absolute atomic E-state index is 0.0274. The first-order chi connectivity index (χ1) is 18.4. The first-order valence-electron chi connectivity index (χ1n) is 11.5. The van der Waals surface area contributed by atoms with E-state index in [9.17, 15) is 9.59 Å². The van der Waals surface area contributed by atoms with Gasteiger partial charge in [0.25, 0.3) is 11.8 Å². The molecule has 0 aliphatic carbocycles. The molecule has 1 heterocycles. The van der Waals surface area contributed by atoms with E-state index in [0.29, 0.717) is 29.4 Å². The third-order valence-corrected chi connectivity index (χ3v) is 7.56. The lowest BCUT2D eigenvalue weighted by molar-refractivity contribution is -0.122. The molecule has 1 fully saturated rings. The van der Waals surface area contributed by atoms with E-state index < -0.39 is 11.8 Å². The standard InChI is InChI=1S/C29H20BrIN2O4S/c1-36-25-14-17(12-23-27(34)32-29(38)33(28(23)35)21-10-5-9-20(30)15-21)13-24(31)26(25)37-16-19-8-4-7-18-6-2-3-11-22(18)19/h2-15H,16H2,1H3,(H,32,34,38)/b23-12+. The number of amides is 2. The van der Waals surface area contributed by atoms with Gasteiger partial charge in [-0.05, 0) is 93.1 Å². The molecule has 0 aromatic heterocycles. The first-order valence-corrected chi connectivity index (χ1v) is 13.8. The predicted octanol–water partition coefficient (Wildman–Crippen LogP) is 6.63. The van der Waals surface area contributed by atoms with Crippen molar-refractivity contribution in [1.82, 2.24) is 5.32 Å². The van der Waals surface area contributed by atoms with E-state index in [4.69, 9.17) is 21.7 Å². The van der Waals surface area contributed by atoms with Gasteiger partial charge in [-0.3, -0.25) is 19.8 Å². The second-order valence-electron chi connectivity index (χ2n) is 8.40. The van der Waals surface area contributed by atoms with E-state index >= 15 is 0 Å². The van der Waals surface area contributed by atoms with Crippen molar-refractivity contribution in [2.24, 2.45) is 0 Å². The Morgan fingerprint density at radius 3 is 2.58 bits per heavy atom. The van der Waals surface area contributed by atoms with Crippen LogP contribution in [-0.2, 0) is 16.2 Å². The normalized spacial score (nSPS) is 14.7. The summed E-state index contributed by atoms with van der Waals surface area (Å²) < 4.78 is 13.4. The molecular weight excluding hydrogens is 679 g/mol. The lowest BCUT2D eigenvalue weighted by Gasteiger charge is -2.29. The minimum Gasteiger partial charge on any atom is -0.493 e. The minimum atomic E-state index is -0.559. The van der Waals surface area contributed by atoms with Gasteiger partial charge in [0, 0.05) is 4.47 Å². The van der Waals surface area contributed by atoms with Crippen molar-refractivity contribution in [3.8, 4) is 11.5 Å². The molecule has 1 N–H and O–H groups in total. The zero-order chi connectivity index (χ0) is 26.8. The molecule has 1 saturated heterocycles. The molecule has 0 unspecified atom stereocenters. The van der Waals surface area contributed by atoms with Gasteiger partial charge in [-0.1, -0.05) is 64.5 Å². The molecule has 0 saturated carbocycles. The Morgan fingerprint density at radius 1 is 1.03 bits per heavy atom. The summed E-state index contributed by atoms with van der Waals surface area (Å²) in [5.74, 6) is 0.00479. The number of hydrogen-bond acceptors (Lipinski definition) is 5. The maximum absolute atomic E-state index is 13.4. The maximum atomic E-state index is 13.4. The predicted molar refractivity (Wildman–Crippen MR) is 164 cm³/mol. The summed E-state index contributed by atoms with van der Waals surface area (Å²) in [5, 5.41) is 4.91. The van der Waals surface area contributed by atoms with Crippen LogP contribution in [0.5, 0.6) is 11.5 Å². The molecule has 0 bridgehead atoms. The Labute approximate surface area is 246 Å². The number of nitrogens with zero attached hydrogens (tertiary/aromatic N) is 1. The van der Waals surface area contributed by atoms with E-state index in [1.54, 1.807) is 31.4 Å². The van der Waals surface area contributed by atoms with Gasteiger partial charge in [-0.25, -0.2) is 0 Å². The average molecular weight is 699 g/mol. The molecule has 1 aliphatic heterocycles. The number of carbonyl (C=O) groups excluding carboxylic acids is 2. The van der Waals surface area contributed by atoms with E-state index in [1.807, 2.05) is 36.4 Å². The monoisotopic (exact) mass is 698 g/mol. The molecule has 190 valence electrons. The molecular formula is C29H20BrIN2O4S. The Bertz CT molecular complexity index is 1630. The Kier molecular flexibility index (Phi) is 7.78. The molecule has 4 aromatic rings. The summed E-state index contributed by atoms with van der Waals surface area (Å²) in [6.07, 6.45) is 1.53. The van der Waals surface area contributed by atoms with E-state index in [2.05, 4.69) is 62.0 Å². The van der Waals surface area contributed by atoms with Crippen molar-refractivity contribution >= 4 is 90.2 Å². The summed E-state index contributed by atoms with van der Waals surface area (Å²) in [5.41, 5.74) is 2.18. The van der Waals surface area contributed by atoms with E-state index in [0.717, 1.165) is 24.4 Å². The smallest absolute Gasteiger partial charge is 0.270 e. The van der Waals surface area contributed by atoms with Crippen LogP contribution in [0.25, 0.3) is 16.8 Å². The van der Waals surface area contributed by atoms with Crippen molar-refractivity contribution in [2.45, 2.75) is 6.61 Å². The number of carbonyl (C=O) groups is 2. The highest BCUT2D eigenvalue weighted by Crippen LogP contribution is 2.36. The van der Waals surface area contributed by atoms with Gasteiger partial charge < -0.3 is 9.47 Å². The summed E-state index contributed by atoms with van der Waals surface area (Å²) in [7, 11) is 1.55. The van der Waals surface area contributed by atoms with Gasteiger partial charge in [-0.15, -0.1) is 0 Å². The molecule has 9 heteroatoms. The Hall–Kier alpha value is -3.28. The number of halogens is 2. The van der Waals surface area contributed by atoms with Crippen molar-refractivity contribution in [1.29, 1.82) is 0 Å². The summed E-state index contributed by atoms with van der Waals surface area (Å²) in [6, 6.07) is 25.0. The second-order valence-corrected chi connectivity index (χ2v) is 10.9. The number of methoxy groups -OCH3 is 1. The van der Waals surface area contributed by atoms with Crippen molar-refractivity contribution < 1.29 is 19.1 Å². The van der Waals surface area contributed by atoms with E-state index in [-0.39, 0.29) is 10.7 Å². The molecule has 38 heavy (non-hydrogen) atoms. The third kappa shape index (κ3) is 5.31. The van der Waals surface area contributed by atoms with E-state index in [1.165, 1.54) is 11.0 Å². The van der Waals surface area contributed by atoms with Crippen LogP contribution in [0, 0.1) is 3.57 Å². The van der Waals surface area contributed by atoms with Crippen LogP contribution >= 0.6 is 50.7 Å². The Morgan fingerprint density at radius 2 is 1.79 bits per heavy atom. The van der Waals surface area contributed by atoms with Crippen LogP contribution in [0.1, 0.15) is 11.1 Å². The highest BCUT2D eigenvalue weighted by Gasteiger charge is 2.34. The van der Waals surface area contributed by atoms with Gasteiger partial charge in [0.05, 0.1) is 16.4 Å². The zero-order valence-electron chi connectivity index (χ0n) is 20.0. The third-order valence-electron chi connectivity index (χ3n) is 5.98. The topological polar surface area (TPSA) is 67.9 Å². The first kappa shape index (κ1) is 26.3. The van der Waals surface area contributed by atoms with Crippen LogP contribution in [0.4, 0.5) is 5.69 Å². The number of benzene rings is 4. The van der Waals surface area contributed by atoms with Crippen LogP contribution < -0.4 is 19.7 Å². The van der Waals surface area contributed by atoms with Crippen LogP contribution in [-0.4, -0.2) is 24.0 Å². The number of rotatable bonds is 6. The van der Waals surface area contributed by atoms with Gasteiger partial charge in [0.1, 0.15) is 12.2 Å². The summed E-state index contributed by atoms with van der Waals surface area (Å²) in [4.78, 5) is 27.4. The summed E-state index contributed by atoms with van der Waals surface area (Å²) in [6.45, 7) is 0.355. The molecule has 1 aliphatic rings. The van der Waals surface area contributed by atoms with Crippen LogP contribution in [0.2, 0.25) is 0 Å². The number of nitrogens with one attached hydrogen (secondary N) is 1. The number of thiocarbonyl (C=S) groups is 1. The molecule has 0 spiro atoms. The quantitative estimate of drug-likeness (QED) is 0.106. The van der Waals surface area contributed by atoms with Crippen molar-refractivity contribution in [3.63, 3.8) is 0 Å². The number of anilines is 1. The van der Waals surface area contributed by atoms with Gasteiger partial charge in [-0.2, -0.15) is 0 Å². The summed E-state index contributed by atoms with van der Waals surface area (Å²) >= 11 is 10.9.